The monoisotopic (exact) mass is 534 g/mol. The minimum absolute atomic E-state index is 0.0575. The second-order valence-corrected chi connectivity index (χ2v) is 9.11. The molecule has 4 rings (SSSR count). The van der Waals surface area contributed by atoms with Gasteiger partial charge in [-0.05, 0) is 86.5 Å². The van der Waals surface area contributed by atoms with Gasteiger partial charge in [0, 0.05) is 5.02 Å². The lowest BCUT2D eigenvalue weighted by Crippen LogP contribution is -2.54. The van der Waals surface area contributed by atoms with E-state index < -0.39 is 17.8 Å². The van der Waals surface area contributed by atoms with E-state index in [4.69, 9.17) is 25.8 Å². The Hall–Kier alpha value is -4.30. The smallest absolute Gasteiger partial charge is 0.335 e. The molecule has 0 unspecified atom stereocenters. The van der Waals surface area contributed by atoms with Crippen LogP contribution in [0, 0.1) is 0 Å². The van der Waals surface area contributed by atoms with Crippen molar-refractivity contribution >= 4 is 41.2 Å². The van der Waals surface area contributed by atoms with E-state index >= 15 is 0 Å². The van der Waals surface area contributed by atoms with E-state index in [-0.39, 0.29) is 11.7 Å². The molecule has 4 amide bonds. The van der Waals surface area contributed by atoms with Crippen LogP contribution in [-0.4, -0.2) is 30.6 Å². The number of benzene rings is 3. The third-order valence-electron chi connectivity index (χ3n) is 5.46. The van der Waals surface area contributed by atoms with E-state index in [2.05, 4.69) is 5.32 Å². The summed E-state index contributed by atoms with van der Waals surface area (Å²) in [5, 5.41) is 2.87. The number of carbonyl (C=O) groups excluding carboxylic acids is 3. The van der Waals surface area contributed by atoms with E-state index in [1.54, 1.807) is 54.6 Å². The molecule has 38 heavy (non-hydrogen) atoms. The standard InChI is InChI=1S/C29H27ClN2O6/c1-4-36-26-16-20(7-14-25(26)38-18(2)3)15-24-27(33)31-29(35)32(28(24)34)22-10-12-23(13-11-22)37-17-19-5-8-21(30)9-6-19/h5-16,18H,4,17H2,1-3H3,(H,31,33,35)/b24-15+. The van der Waals surface area contributed by atoms with Gasteiger partial charge >= 0.3 is 6.03 Å². The maximum atomic E-state index is 13.3. The van der Waals surface area contributed by atoms with Crippen molar-refractivity contribution in [2.24, 2.45) is 0 Å². The molecule has 1 aliphatic rings. The van der Waals surface area contributed by atoms with Gasteiger partial charge in [-0.25, -0.2) is 9.69 Å². The Balaban J connectivity index is 1.54. The zero-order chi connectivity index (χ0) is 27.2. The van der Waals surface area contributed by atoms with Gasteiger partial charge in [-0.15, -0.1) is 0 Å². The van der Waals surface area contributed by atoms with E-state index in [0.717, 1.165) is 10.5 Å². The largest absolute Gasteiger partial charge is 0.490 e. The summed E-state index contributed by atoms with van der Waals surface area (Å²) in [5.74, 6) is 0.0705. The Morgan fingerprint density at radius 1 is 0.921 bits per heavy atom. The summed E-state index contributed by atoms with van der Waals surface area (Å²) in [6.07, 6.45) is 1.36. The van der Waals surface area contributed by atoms with Crippen LogP contribution in [0.1, 0.15) is 31.9 Å². The van der Waals surface area contributed by atoms with Gasteiger partial charge < -0.3 is 14.2 Å². The summed E-state index contributed by atoms with van der Waals surface area (Å²) >= 11 is 5.91. The highest BCUT2D eigenvalue weighted by Crippen LogP contribution is 2.31. The zero-order valence-corrected chi connectivity index (χ0v) is 22.0. The van der Waals surface area contributed by atoms with Gasteiger partial charge in [0.15, 0.2) is 11.5 Å². The first kappa shape index (κ1) is 26.8. The molecule has 9 heteroatoms. The molecule has 1 aliphatic heterocycles. The number of carbonyl (C=O) groups is 3. The molecule has 0 aromatic heterocycles. The van der Waals surface area contributed by atoms with Crippen LogP contribution < -0.4 is 24.4 Å². The quantitative estimate of drug-likeness (QED) is 0.276. The maximum Gasteiger partial charge on any atom is 0.335 e. The fraction of sp³-hybridized carbons (Fsp3) is 0.207. The van der Waals surface area contributed by atoms with Crippen LogP contribution in [0.5, 0.6) is 17.2 Å². The molecule has 0 atom stereocenters. The summed E-state index contributed by atoms with van der Waals surface area (Å²) in [5.41, 5.74) is 1.59. The number of hydrogen-bond acceptors (Lipinski definition) is 6. The number of anilines is 1. The summed E-state index contributed by atoms with van der Waals surface area (Å²) in [6, 6.07) is 18.0. The van der Waals surface area contributed by atoms with Gasteiger partial charge in [-0.3, -0.25) is 14.9 Å². The van der Waals surface area contributed by atoms with Crippen molar-refractivity contribution in [2.45, 2.75) is 33.5 Å². The third kappa shape index (κ3) is 6.33. The highest BCUT2D eigenvalue weighted by molar-refractivity contribution is 6.39. The molecule has 0 aliphatic carbocycles. The zero-order valence-electron chi connectivity index (χ0n) is 21.2. The number of imide groups is 2. The lowest BCUT2D eigenvalue weighted by Gasteiger charge is -2.26. The van der Waals surface area contributed by atoms with Crippen molar-refractivity contribution in [2.75, 3.05) is 11.5 Å². The first-order valence-electron chi connectivity index (χ1n) is 12.1. The number of nitrogens with zero attached hydrogens (tertiary/aromatic N) is 1. The first-order chi connectivity index (χ1) is 18.2. The highest BCUT2D eigenvalue weighted by atomic mass is 35.5. The number of hydrogen-bond donors (Lipinski definition) is 1. The minimum Gasteiger partial charge on any atom is -0.490 e. The summed E-state index contributed by atoms with van der Waals surface area (Å²) in [4.78, 5) is 39.4. The van der Waals surface area contributed by atoms with Gasteiger partial charge in [0.05, 0.1) is 18.4 Å². The van der Waals surface area contributed by atoms with E-state index in [1.807, 2.05) is 32.9 Å². The fourth-order valence-electron chi connectivity index (χ4n) is 3.73. The van der Waals surface area contributed by atoms with Gasteiger partial charge in [0.1, 0.15) is 17.9 Å². The van der Waals surface area contributed by atoms with Crippen LogP contribution in [0.2, 0.25) is 5.02 Å². The van der Waals surface area contributed by atoms with Crippen molar-refractivity contribution in [3.63, 3.8) is 0 Å². The van der Waals surface area contributed by atoms with Crippen LogP contribution in [0.4, 0.5) is 10.5 Å². The number of barbiturate groups is 1. The second-order valence-electron chi connectivity index (χ2n) is 8.67. The Morgan fingerprint density at radius 2 is 1.63 bits per heavy atom. The average Bonchev–Trinajstić information content (AvgIpc) is 2.88. The van der Waals surface area contributed by atoms with Crippen molar-refractivity contribution in [3.05, 3.63) is 88.5 Å². The molecule has 0 spiro atoms. The Morgan fingerprint density at radius 3 is 2.29 bits per heavy atom. The van der Waals surface area contributed by atoms with Crippen molar-refractivity contribution in [3.8, 4) is 17.2 Å². The van der Waals surface area contributed by atoms with Crippen LogP contribution in [0.15, 0.2) is 72.3 Å². The van der Waals surface area contributed by atoms with Crippen molar-refractivity contribution < 1.29 is 28.6 Å². The number of nitrogens with one attached hydrogen (secondary N) is 1. The van der Waals surface area contributed by atoms with Gasteiger partial charge in [0.2, 0.25) is 0 Å². The predicted octanol–water partition coefficient (Wildman–Crippen LogP) is 5.77. The molecule has 196 valence electrons. The highest BCUT2D eigenvalue weighted by Gasteiger charge is 2.36. The molecule has 1 saturated heterocycles. The molecule has 0 saturated carbocycles. The van der Waals surface area contributed by atoms with Gasteiger partial charge in [0.25, 0.3) is 11.8 Å². The Kier molecular flexibility index (Phi) is 8.33. The van der Waals surface area contributed by atoms with Crippen molar-refractivity contribution in [1.29, 1.82) is 0 Å². The summed E-state index contributed by atoms with van der Waals surface area (Å²) in [7, 11) is 0. The topological polar surface area (TPSA) is 94.2 Å². The normalized spacial score (nSPS) is 14.6. The Labute approximate surface area is 225 Å². The molecule has 0 radical (unpaired) electrons. The molecule has 1 heterocycles. The summed E-state index contributed by atoms with van der Waals surface area (Å²) in [6.45, 7) is 6.39. The molecule has 8 nitrogen and oxygen atoms in total. The van der Waals surface area contributed by atoms with Crippen LogP contribution in [0.25, 0.3) is 6.08 Å². The lowest BCUT2D eigenvalue weighted by molar-refractivity contribution is -0.122. The number of urea groups is 1. The lowest BCUT2D eigenvalue weighted by atomic mass is 10.1. The SMILES string of the molecule is CCOc1cc(/C=C2\C(=O)NC(=O)N(c3ccc(OCc4ccc(Cl)cc4)cc3)C2=O)ccc1OC(C)C. The molecule has 3 aromatic rings. The summed E-state index contributed by atoms with van der Waals surface area (Å²) < 4.78 is 17.2. The molecule has 1 fully saturated rings. The average molecular weight is 535 g/mol. The fourth-order valence-corrected chi connectivity index (χ4v) is 3.86. The van der Waals surface area contributed by atoms with Crippen molar-refractivity contribution in [1.82, 2.24) is 5.32 Å². The van der Waals surface area contributed by atoms with E-state index in [1.165, 1.54) is 6.08 Å². The third-order valence-corrected chi connectivity index (χ3v) is 5.71. The molecular weight excluding hydrogens is 508 g/mol. The molecule has 3 aromatic carbocycles. The molecular formula is C29H27ClN2O6. The number of rotatable bonds is 9. The molecule has 0 bridgehead atoms. The van der Waals surface area contributed by atoms with Crippen LogP contribution >= 0.6 is 11.6 Å². The molecule has 1 N–H and O–H groups in total. The number of amides is 4. The Bertz CT molecular complexity index is 1370. The number of halogens is 1. The van der Waals surface area contributed by atoms with E-state index in [0.29, 0.717) is 46.7 Å². The predicted molar refractivity (Wildman–Crippen MR) is 145 cm³/mol. The van der Waals surface area contributed by atoms with E-state index in [9.17, 15) is 14.4 Å². The van der Waals surface area contributed by atoms with Crippen LogP contribution in [0.3, 0.4) is 0 Å². The minimum atomic E-state index is -0.831. The first-order valence-corrected chi connectivity index (χ1v) is 12.4. The van der Waals surface area contributed by atoms with Gasteiger partial charge in [-0.2, -0.15) is 0 Å². The maximum absolute atomic E-state index is 13.3. The van der Waals surface area contributed by atoms with Gasteiger partial charge in [-0.1, -0.05) is 29.8 Å². The van der Waals surface area contributed by atoms with Crippen LogP contribution in [-0.2, 0) is 16.2 Å². The number of ether oxygens (including phenoxy) is 3. The second kappa shape index (κ2) is 11.8.